The summed E-state index contributed by atoms with van der Waals surface area (Å²) in [6.07, 6.45) is 8.05. The van der Waals surface area contributed by atoms with Crippen molar-refractivity contribution in [1.29, 1.82) is 0 Å². The van der Waals surface area contributed by atoms with Gasteiger partial charge >= 0.3 is 0 Å². The van der Waals surface area contributed by atoms with Crippen LogP contribution in [0.2, 0.25) is 0 Å². The first-order valence-corrected chi connectivity index (χ1v) is 15.6. The van der Waals surface area contributed by atoms with Crippen LogP contribution in [0.1, 0.15) is 22.8 Å². The third-order valence-corrected chi connectivity index (χ3v) is 9.53. The molecule has 0 fully saturated rings. The van der Waals surface area contributed by atoms with Crippen LogP contribution in [0.3, 0.4) is 0 Å². The van der Waals surface area contributed by atoms with Crippen molar-refractivity contribution in [2.24, 2.45) is 0 Å². The van der Waals surface area contributed by atoms with Crippen molar-refractivity contribution in [2.45, 2.75) is 0 Å². The normalized spacial score (nSPS) is 11.7. The van der Waals surface area contributed by atoms with Crippen LogP contribution >= 0.6 is 7.92 Å². The molecule has 8 rings (SSSR count). The zero-order valence-electron chi connectivity index (χ0n) is 23.4. The highest BCUT2D eigenvalue weighted by Gasteiger charge is 2.15. The fraction of sp³-hybridized carbons (Fsp3) is 0. The van der Waals surface area contributed by atoms with E-state index in [2.05, 4.69) is 141 Å². The number of hydrogen-bond donors (Lipinski definition) is 2. The van der Waals surface area contributed by atoms with Crippen molar-refractivity contribution in [2.75, 3.05) is 0 Å². The second-order valence-electron chi connectivity index (χ2n) is 10.2. The van der Waals surface area contributed by atoms with E-state index in [1.165, 1.54) is 15.9 Å². The number of H-pyrrole nitrogens is 2. The summed E-state index contributed by atoms with van der Waals surface area (Å²) in [5.74, 6) is 0. The number of aromatic amines is 2. The fourth-order valence-corrected chi connectivity index (χ4v) is 7.43. The van der Waals surface area contributed by atoms with Gasteiger partial charge in [-0.3, -0.25) is 0 Å². The summed E-state index contributed by atoms with van der Waals surface area (Å²) >= 11 is 0. The maximum Gasteiger partial charge on any atom is 0.0659 e. The van der Waals surface area contributed by atoms with Crippen LogP contribution in [0.25, 0.3) is 46.4 Å². The van der Waals surface area contributed by atoms with E-state index in [-0.39, 0.29) is 0 Å². The standard InChI is InChI=1S/C20H14N4.C18H15P/c1-2-14-10-16-5-6-18(23-16)12-20-8-7-19(24-20)11-17-4-3-15(22-17)9-13(1)21-14;1-4-10-16(11-5-1)19(17-12-6-2-7-13-17)18-14-8-3-9-15-18/h1-12,21-22H;1-15H. The lowest BCUT2D eigenvalue weighted by molar-refractivity contribution is 1.28. The van der Waals surface area contributed by atoms with Gasteiger partial charge in [0.2, 0.25) is 0 Å². The molecule has 0 spiro atoms. The summed E-state index contributed by atoms with van der Waals surface area (Å²) in [5, 5.41) is 4.19. The maximum atomic E-state index is 4.62. The first-order valence-electron chi connectivity index (χ1n) is 14.2. The van der Waals surface area contributed by atoms with Crippen LogP contribution in [0.5, 0.6) is 0 Å². The summed E-state index contributed by atoms with van der Waals surface area (Å²) in [7, 11) is -0.446. The molecule has 2 aliphatic heterocycles. The van der Waals surface area contributed by atoms with Crippen molar-refractivity contribution in [3.63, 3.8) is 0 Å². The van der Waals surface area contributed by atoms with E-state index in [1.807, 2.05) is 42.5 Å². The molecule has 0 amide bonds. The van der Waals surface area contributed by atoms with Crippen molar-refractivity contribution >= 4 is 70.2 Å². The molecule has 3 aromatic carbocycles. The topological polar surface area (TPSA) is 57.4 Å². The Morgan fingerprint density at radius 3 is 1.05 bits per heavy atom. The minimum absolute atomic E-state index is 0.446. The summed E-state index contributed by atoms with van der Waals surface area (Å²) in [5.41, 5.74) is 7.86. The third kappa shape index (κ3) is 6.46. The van der Waals surface area contributed by atoms with E-state index in [1.54, 1.807) is 0 Å². The van der Waals surface area contributed by atoms with Gasteiger partial charge in [0.15, 0.2) is 0 Å². The minimum Gasteiger partial charge on any atom is -0.355 e. The van der Waals surface area contributed by atoms with E-state index < -0.39 is 7.92 Å². The predicted octanol–water partition coefficient (Wildman–Crippen LogP) is 8.10. The van der Waals surface area contributed by atoms with Gasteiger partial charge in [0, 0.05) is 22.1 Å². The largest absolute Gasteiger partial charge is 0.355 e. The second kappa shape index (κ2) is 12.3. The zero-order chi connectivity index (χ0) is 28.8. The molecule has 0 atom stereocenters. The highest BCUT2D eigenvalue weighted by molar-refractivity contribution is 7.79. The SMILES string of the molecule is C1=Cc2cc3ccc(cc4ccc(cc5nc(cc1n2)C=C5)[nH]4)[nH]3.c1ccc(P(c2ccccc2)c2ccccc2)cc1. The molecule has 5 heteroatoms. The molecule has 4 nitrogen and oxygen atoms in total. The number of aromatic nitrogens is 4. The Kier molecular flexibility index (Phi) is 7.59. The van der Waals surface area contributed by atoms with Crippen LogP contribution in [-0.4, -0.2) is 19.9 Å². The van der Waals surface area contributed by atoms with Crippen molar-refractivity contribution in [3.05, 3.63) is 162 Å². The number of hydrogen-bond acceptors (Lipinski definition) is 2. The van der Waals surface area contributed by atoms with E-state index >= 15 is 0 Å². The fourth-order valence-electron chi connectivity index (χ4n) is 5.12. The lowest BCUT2D eigenvalue weighted by Gasteiger charge is -2.18. The molecule has 3 aromatic heterocycles. The number of fused-ring (bicyclic) bond motifs is 8. The predicted molar refractivity (Wildman–Crippen MR) is 184 cm³/mol. The molecule has 2 N–H and O–H groups in total. The molecule has 0 aliphatic carbocycles. The highest BCUT2D eigenvalue weighted by Crippen LogP contribution is 2.32. The molecule has 206 valence electrons. The molecule has 6 aromatic rings. The van der Waals surface area contributed by atoms with Crippen molar-refractivity contribution in [1.82, 2.24) is 19.9 Å². The summed E-state index contributed by atoms with van der Waals surface area (Å²) < 4.78 is 0. The van der Waals surface area contributed by atoms with Gasteiger partial charge in [-0.25, -0.2) is 9.97 Å². The Hall–Kier alpha value is -5.31. The first-order chi connectivity index (χ1) is 21.2. The molecular weight excluding hydrogens is 543 g/mol. The Morgan fingerprint density at radius 1 is 0.349 bits per heavy atom. The third-order valence-electron chi connectivity index (χ3n) is 7.09. The van der Waals surface area contributed by atoms with E-state index in [4.69, 9.17) is 0 Å². The lowest BCUT2D eigenvalue weighted by Crippen LogP contribution is -2.20. The van der Waals surface area contributed by atoms with Gasteiger partial charge in [0.1, 0.15) is 0 Å². The Labute approximate surface area is 251 Å². The lowest BCUT2D eigenvalue weighted by atomic mass is 10.3. The summed E-state index contributed by atoms with van der Waals surface area (Å²) in [6, 6.07) is 48.7. The molecule has 0 unspecified atom stereocenters. The molecular formula is C38H29N4P. The van der Waals surface area contributed by atoms with Gasteiger partial charge < -0.3 is 9.97 Å². The zero-order valence-corrected chi connectivity index (χ0v) is 24.3. The molecule has 0 saturated heterocycles. The first kappa shape index (κ1) is 26.6. The molecule has 0 radical (unpaired) electrons. The molecule has 43 heavy (non-hydrogen) atoms. The van der Waals surface area contributed by atoms with Crippen molar-refractivity contribution in [3.8, 4) is 0 Å². The highest BCUT2D eigenvalue weighted by atomic mass is 31.1. The van der Waals surface area contributed by atoms with Gasteiger partial charge in [-0.05, 0) is 96.7 Å². The van der Waals surface area contributed by atoms with E-state index in [0.717, 1.165) is 44.8 Å². The number of nitrogens with one attached hydrogen (secondary N) is 2. The van der Waals surface area contributed by atoms with Gasteiger partial charge in [-0.1, -0.05) is 91.0 Å². The molecule has 2 aliphatic rings. The van der Waals surface area contributed by atoms with Crippen LogP contribution in [0.15, 0.2) is 140 Å². The summed E-state index contributed by atoms with van der Waals surface area (Å²) in [6.45, 7) is 0. The van der Waals surface area contributed by atoms with E-state index in [0.29, 0.717) is 0 Å². The maximum absolute atomic E-state index is 4.62. The molecule has 5 heterocycles. The Bertz CT molecular complexity index is 1890. The van der Waals surface area contributed by atoms with Crippen molar-refractivity contribution < 1.29 is 0 Å². The average Bonchev–Trinajstić information content (AvgIpc) is 3.86. The van der Waals surface area contributed by atoms with Gasteiger partial charge in [0.05, 0.1) is 22.8 Å². The Balaban J connectivity index is 0.000000144. The second-order valence-corrected chi connectivity index (χ2v) is 12.5. The van der Waals surface area contributed by atoms with Crippen LogP contribution < -0.4 is 15.9 Å². The van der Waals surface area contributed by atoms with Crippen LogP contribution in [0.4, 0.5) is 0 Å². The van der Waals surface area contributed by atoms with Gasteiger partial charge in [-0.2, -0.15) is 0 Å². The average molecular weight is 573 g/mol. The quantitative estimate of drug-likeness (QED) is 0.210. The monoisotopic (exact) mass is 572 g/mol. The molecule has 8 bridgehead atoms. The summed E-state index contributed by atoms with van der Waals surface area (Å²) in [4.78, 5) is 16.0. The number of rotatable bonds is 3. The van der Waals surface area contributed by atoms with Gasteiger partial charge in [0.25, 0.3) is 0 Å². The number of benzene rings is 3. The Morgan fingerprint density at radius 2 is 0.674 bits per heavy atom. The van der Waals surface area contributed by atoms with Gasteiger partial charge in [-0.15, -0.1) is 0 Å². The molecule has 0 saturated carbocycles. The minimum atomic E-state index is -0.446. The smallest absolute Gasteiger partial charge is 0.0659 e. The van der Waals surface area contributed by atoms with Crippen LogP contribution in [-0.2, 0) is 0 Å². The van der Waals surface area contributed by atoms with Crippen LogP contribution in [0, 0.1) is 0 Å². The number of nitrogens with zero attached hydrogens (tertiary/aromatic N) is 2. The van der Waals surface area contributed by atoms with E-state index in [9.17, 15) is 0 Å².